The monoisotopic (exact) mass is 486 g/mol. The number of nitrogens with zero attached hydrogens (tertiary/aromatic N) is 6. The standard InChI is InChI=1S/C26H26N6O2S/c1-17-13-32(14-18(2)34-17)15-19-3-5-20(6-4-19)16-33-26-29-10-7-22(31-26)21(11-27)25-30-23-12-28-9-8-24(23)35-25/h3-10,12,17-18,21H,13-16H2,1-2H3. The van der Waals surface area contributed by atoms with Gasteiger partial charge in [0.25, 0.3) is 0 Å². The van der Waals surface area contributed by atoms with Gasteiger partial charge in [-0.2, -0.15) is 10.2 Å². The molecule has 1 aliphatic heterocycles. The summed E-state index contributed by atoms with van der Waals surface area (Å²) in [5.41, 5.74) is 3.63. The average Bonchev–Trinajstić information content (AvgIpc) is 3.27. The summed E-state index contributed by atoms with van der Waals surface area (Å²) in [6, 6.07) is 14.6. The summed E-state index contributed by atoms with van der Waals surface area (Å²) in [7, 11) is 0. The fourth-order valence-corrected chi connectivity index (χ4v) is 5.31. The number of thiazole rings is 1. The number of morpholine rings is 1. The van der Waals surface area contributed by atoms with Crippen LogP contribution in [0.3, 0.4) is 0 Å². The molecule has 8 nitrogen and oxygen atoms in total. The third-order valence-corrected chi connectivity index (χ3v) is 6.93. The van der Waals surface area contributed by atoms with Crippen LogP contribution < -0.4 is 4.74 Å². The first kappa shape index (κ1) is 23.3. The molecule has 4 aromatic rings. The van der Waals surface area contributed by atoms with Crippen molar-refractivity contribution in [2.75, 3.05) is 13.1 Å². The summed E-state index contributed by atoms with van der Waals surface area (Å²) in [6.45, 7) is 7.38. The predicted octanol–water partition coefficient (Wildman–Crippen LogP) is 4.32. The zero-order valence-electron chi connectivity index (χ0n) is 19.7. The molecule has 1 aliphatic rings. The lowest BCUT2D eigenvalue weighted by Gasteiger charge is -2.35. The SMILES string of the molecule is CC1CN(Cc2ccc(COc3nccc(C(C#N)c4nc5cnccc5s4)n3)cc2)CC(C)O1. The van der Waals surface area contributed by atoms with Crippen LogP contribution in [-0.4, -0.2) is 50.1 Å². The van der Waals surface area contributed by atoms with Crippen LogP contribution in [0, 0.1) is 11.3 Å². The van der Waals surface area contributed by atoms with Gasteiger partial charge in [-0.3, -0.25) is 9.88 Å². The molecule has 1 fully saturated rings. The lowest BCUT2D eigenvalue weighted by Crippen LogP contribution is -2.44. The molecular weight excluding hydrogens is 460 g/mol. The highest BCUT2D eigenvalue weighted by Gasteiger charge is 2.22. The van der Waals surface area contributed by atoms with Gasteiger partial charge in [0.1, 0.15) is 17.5 Å². The van der Waals surface area contributed by atoms with Crippen molar-refractivity contribution in [3.63, 3.8) is 0 Å². The van der Waals surface area contributed by atoms with Gasteiger partial charge >= 0.3 is 6.01 Å². The van der Waals surface area contributed by atoms with E-state index in [-0.39, 0.29) is 18.2 Å². The van der Waals surface area contributed by atoms with Gasteiger partial charge in [-0.05, 0) is 37.1 Å². The maximum atomic E-state index is 9.82. The minimum absolute atomic E-state index is 0.242. The molecule has 4 heterocycles. The fraction of sp³-hybridized carbons (Fsp3) is 0.346. The first-order chi connectivity index (χ1) is 17.1. The van der Waals surface area contributed by atoms with E-state index >= 15 is 0 Å². The van der Waals surface area contributed by atoms with Gasteiger partial charge in [0, 0.05) is 32.0 Å². The normalized spacial score (nSPS) is 19.3. The van der Waals surface area contributed by atoms with Crippen molar-refractivity contribution in [3.8, 4) is 12.1 Å². The van der Waals surface area contributed by atoms with E-state index in [0.717, 1.165) is 35.4 Å². The number of ether oxygens (including phenoxy) is 2. The topological polar surface area (TPSA) is 97.1 Å². The van der Waals surface area contributed by atoms with Gasteiger partial charge < -0.3 is 9.47 Å². The zero-order valence-corrected chi connectivity index (χ0v) is 20.5. The summed E-state index contributed by atoms with van der Waals surface area (Å²) in [5, 5.41) is 10.5. The van der Waals surface area contributed by atoms with Crippen molar-refractivity contribution in [1.29, 1.82) is 5.26 Å². The minimum atomic E-state index is -0.595. The highest BCUT2D eigenvalue weighted by Crippen LogP contribution is 2.30. The summed E-state index contributed by atoms with van der Waals surface area (Å²) >= 11 is 1.47. The first-order valence-corrected chi connectivity index (χ1v) is 12.4. The molecule has 0 saturated carbocycles. The van der Waals surface area contributed by atoms with E-state index < -0.39 is 5.92 Å². The molecule has 0 spiro atoms. The Morgan fingerprint density at radius 1 is 1.09 bits per heavy atom. The van der Waals surface area contributed by atoms with Crippen molar-refractivity contribution >= 4 is 21.6 Å². The van der Waals surface area contributed by atoms with E-state index in [1.165, 1.54) is 16.9 Å². The Labute approximate surface area is 208 Å². The van der Waals surface area contributed by atoms with E-state index in [2.05, 4.69) is 69.0 Å². The van der Waals surface area contributed by atoms with Crippen LogP contribution in [-0.2, 0) is 17.9 Å². The number of rotatable bonds is 7. The summed E-state index contributed by atoms with van der Waals surface area (Å²) < 4.78 is 12.7. The molecule has 35 heavy (non-hydrogen) atoms. The number of hydrogen-bond donors (Lipinski definition) is 0. The van der Waals surface area contributed by atoms with Crippen LogP contribution in [0.5, 0.6) is 6.01 Å². The Balaban J connectivity index is 1.22. The minimum Gasteiger partial charge on any atom is -0.459 e. The van der Waals surface area contributed by atoms with Crippen molar-refractivity contribution in [2.24, 2.45) is 0 Å². The zero-order chi connectivity index (χ0) is 24.2. The maximum Gasteiger partial charge on any atom is 0.316 e. The first-order valence-electron chi connectivity index (χ1n) is 11.6. The third kappa shape index (κ3) is 5.62. The van der Waals surface area contributed by atoms with Gasteiger partial charge in [0.15, 0.2) is 0 Å². The summed E-state index contributed by atoms with van der Waals surface area (Å²) in [5.74, 6) is -0.595. The lowest BCUT2D eigenvalue weighted by molar-refractivity contribution is -0.0704. The molecule has 1 saturated heterocycles. The summed E-state index contributed by atoms with van der Waals surface area (Å²) in [6.07, 6.45) is 5.55. The number of hydrogen-bond acceptors (Lipinski definition) is 9. The van der Waals surface area contributed by atoms with Crippen molar-refractivity contribution in [3.05, 3.63) is 76.8 Å². The van der Waals surface area contributed by atoms with E-state index in [1.54, 1.807) is 24.7 Å². The molecule has 9 heteroatoms. The van der Waals surface area contributed by atoms with Crippen LogP contribution in [0.4, 0.5) is 0 Å². The molecule has 0 N–H and O–H groups in total. The second-order valence-corrected chi connectivity index (χ2v) is 9.84. The molecule has 5 rings (SSSR count). The van der Waals surface area contributed by atoms with Crippen LogP contribution in [0.25, 0.3) is 10.2 Å². The Morgan fingerprint density at radius 3 is 2.60 bits per heavy atom. The Hall–Kier alpha value is -3.45. The van der Waals surface area contributed by atoms with E-state index in [9.17, 15) is 5.26 Å². The molecule has 0 aliphatic carbocycles. The summed E-state index contributed by atoms with van der Waals surface area (Å²) in [4.78, 5) is 19.8. The Morgan fingerprint density at radius 2 is 1.86 bits per heavy atom. The number of aromatic nitrogens is 4. The quantitative estimate of drug-likeness (QED) is 0.381. The van der Waals surface area contributed by atoms with Gasteiger partial charge in [-0.25, -0.2) is 9.97 Å². The van der Waals surface area contributed by atoms with Gasteiger partial charge in [-0.1, -0.05) is 24.3 Å². The second-order valence-electron chi connectivity index (χ2n) is 8.78. The van der Waals surface area contributed by atoms with Gasteiger partial charge in [-0.15, -0.1) is 11.3 Å². The van der Waals surface area contributed by atoms with Crippen LogP contribution in [0.15, 0.2) is 55.0 Å². The van der Waals surface area contributed by atoms with Gasteiger partial charge in [0.2, 0.25) is 0 Å². The average molecular weight is 487 g/mol. The Bertz CT molecular complexity index is 1290. The Kier molecular flexibility index (Phi) is 6.95. The number of pyridine rings is 1. The van der Waals surface area contributed by atoms with Crippen molar-refractivity contribution < 1.29 is 9.47 Å². The largest absolute Gasteiger partial charge is 0.459 e. The lowest BCUT2D eigenvalue weighted by atomic mass is 10.1. The molecule has 3 aromatic heterocycles. The number of benzene rings is 1. The fourth-order valence-electron chi connectivity index (χ4n) is 4.31. The maximum absolute atomic E-state index is 9.82. The van der Waals surface area contributed by atoms with E-state index in [4.69, 9.17) is 9.47 Å². The van der Waals surface area contributed by atoms with Crippen LogP contribution >= 0.6 is 11.3 Å². The third-order valence-electron chi connectivity index (χ3n) is 5.83. The molecule has 0 amide bonds. The number of nitriles is 1. The molecule has 0 radical (unpaired) electrons. The highest BCUT2D eigenvalue weighted by molar-refractivity contribution is 7.18. The van der Waals surface area contributed by atoms with Crippen LogP contribution in [0.1, 0.15) is 41.6 Å². The molecule has 178 valence electrons. The smallest absolute Gasteiger partial charge is 0.316 e. The second kappa shape index (κ2) is 10.4. The molecule has 1 aromatic carbocycles. The highest BCUT2D eigenvalue weighted by atomic mass is 32.1. The van der Waals surface area contributed by atoms with E-state index in [0.29, 0.717) is 17.3 Å². The van der Waals surface area contributed by atoms with E-state index in [1.807, 2.05) is 6.07 Å². The molecule has 3 atom stereocenters. The van der Waals surface area contributed by atoms with Gasteiger partial charge in [0.05, 0.1) is 40.4 Å². The molecule has 0 bridgehead atoms. The molecule has 3 unspecified atom stereocenters. The predicted molar refractivity (Wildman–Crippen MR) is 133 cm³/mol. The van der Waals surface area contributed by atoms with Crippen molar-refractivity contribution in [1.82, 2.24) is 24.8 Å². The van der Waals surface area contributed by atoms with Crippen LogP contribution in [0.2, 0.25) is 0 Å². The molecular formula is C26H26N6O2S. The van der Waals surface area contributed by atoms with Crippen molar-refractivity contribution in [2.45, 2.75) is 45.1 Å². The number of fused-ring (bicyclic) bond motifs is 1.